The molecule has 0 fully saturated rings. The summed E-state index contributed by atoms with van der Waals surface area (Å²) >= 11 is 0. The number of benzene rings is 2. The van der Waals surface area contributed by atoms with Crippen LogP contribution in [0, 0.1) is 0 Å². The Hall–Kier alpha value is -3.15. The van der Waals surface area contributed by atoms with E-state index in [1.165, 1.54) is 0 Å². The number of methoxy groups -OCH3 is 1. The van der Waals surface area contributed by atoms with Crippen molar-refractivity contribution in [1.29, 1.82) is 0 Å². The molecule has 3 aromatic rings. The molecule has 4 rings (SSSR count). The summed E-state index contributed by atoms with van der Waals surface area (Å²) in [5.74, 6) is 2.49. The van der Waals surface area contributed by atoms with Crippen molar-refractivity contribution in [2.45, 2.75) is 19.8 Å². The maximum absolute atomic E-state index is 10.6. The molecule has 1 aromatic heterocycles. The smallest absolute Gasteiger partial charge is 0.231 e. The van der Waals surface area contributed by atoms with Gasteiger partial charge >= 0.3 is 0 Å². The first-order valence-electron chi connectivity index (χ1n) is 8.43. The first-order valence-corrected chi connectivity index (χ1v) is 8.43. The molecular weight excluding hydrogens is 332 g/mol. The van der Waals surface area contributed by atoms with Crippen molar-refractivity contribution in [2.24, 2.45) is 0 Å². The third-order valence-corrected chi connectivity index (χ3v) is 4.56. The van der Waals surface area contributed by atoms with Gasteiger partial charge in [0.2, 0.25) is 6.79 Å². The van der Waals surface area contributed by atoms with Crippen LogP contribution in [0.3, 0.4) is 0 Å². The normalized spacial score (nSPS) is 12.6. The van der Waals surface area contributed by atoms with E-state index in [0.717, 1.165) is 28.1 Å². The van der Waals surface area contributed by atoms with Crippen molar-refractivity contribution in [3.63, 3.8) is 0 Å². The van der Waals surface area contributed by atoms with Gasteiger partial charge in [0.15, 0.2) is 11.5 Å². The van der Waals surface area contributed by atoms with Gasteiger partial charge in [-0.3, -0.25) is 5.10 Å². The molecule has 1 aliphatic heterocycles. The lowest BCUT2D eigenvalue weighted by Gasteiger charge is -2.15. The quantitative estimate of drug-likeness (QED) is 0.732. The monoisotopic (exact) mass is 352 g/mol. The average molecular weight is 352 g/mol. The zero-order valence-corrected chi connectivity index (χ0v) is 14.9. The number of hydrogen-bond acceptors (Lipinski definition) is 5. The van der Waals surface area contributed by atoms with Crippen molar-refractivity contribution in [3.8, 4) is 45.4 Å². The maximum Gasteiger partial charge on any atom is 0.231 e. The second-order valence-electron chi connectivity index (χ2n) is 6.49. The minimum Gasteiger partial charge on any atom is -0.507 e. The van der Waals surface area contributed by atoms with Gasteiger partial charge in [0.25, 0.3) is 0 Å². The summed E-state index contributed by atoms with van der Waals surface area (Å²) in [6.07, 6.45) is 1.74. The Morgan fingerprint density at radius 1 is 1.12 bits per heavy atom. The molecule has 1 aliphatic rings. The minimum absolute atomic E-state index is 0.137. The summed E-state index contributed by atoms with van der Waals surface area (Å²) in [5, 5.41) is 17.8. The van der Waals surface area contributed by atoms with E-state index in [2.05, 4.69) is 24.0 Å². The van der Waals surface area contributed by atoms with Gasteiger partial charge in [0, 0.05) is 17.2 Å². The van der Waals surface area contributed by atoms with E-state index in [4.69, 9.17) is 14.2 Å². The van der Waals surface area contributed by atoms with Crippen LogP contribution < -0.4 is 14.2 Å². The Labute approximate surface area is 151 Å². The van der Waals surface area contributed by atoms with E-state index in [1.54, 1.807) is 19.4 Å². The molecule has 26 heavy (non-hydrogen) atoms. The van der Waals surface area contributed by atoms with Crippen LogP contribution in [0.2, 0.25) is 0 Å². The summed E-state index contributed by atoms with van der Waals surface area (Å²) < 4.78 is 16.3. The molecule has 6 heteroatoms. The van der Waals surface area contributed by atoms with Gasteiger partial charge in [-0.1, -0.05) is 19.9 Å². The molecule has 2 aromatic carbocycles. The van der Waals surface area contributed by atoms with E-state index in [-0.39, 0.29) is 18.5 Å². The largest absolute Gasteiger partial charge is 0.507 e. The van der Waals surface area contributed by atoms with Crippen LogP contribution in [-0.4, -0.2) is 29.2 Å². The molecule has 0 saturated heterocycles. The lowest BCUT2D eigenvalue weighted by molar-refractivity contribution is 0.174. The first kappa shape index (κ1) is 16.3. The molecule has 6 nitrogen and oxygen atoms in total. The predicted molar refractivity (Wildman–Crippen MR) is 97.9 cm³/mol. The predicted octanol–water partition coefficient (Wildman–Crippen LogP) is 4.31. The number of fused-ring (bicyclic) bond motifs is 1. The van der Waals surface area contributed by atoms with Gasteiger partial charge in [-0.2, -0.15) is 5.10 Å². The summed E-state index contributed by atoms with van der Waals surface area (Å²) in [5.41, 5.74) is 4.25. The van der Waals surface area contributed by atoms with Gasteiger partial charge in [0.1, 0.15) is 11.5 Å². The number of hydrogen-bond donors (Lipinski definition) is 2. The number of aromatic hydroxyl groups is 1. The molecule has 2 heterocycles. The molecule has 134 valence electrons. The summed E-state index contributed by atoms with van der Waals surface area (Å²) in [4.78, 5) is 0. The number of phenolic OH excluding ortho intramolecular Hbond substituents is 1. The van der Waals surface area contributed by atoms with Crippen LogP contribution in [0.25, 0.3) is 22.4 Å². The highest BCUT2D eigenvalue weighted by Crippen LogP contribution is 2.42. The fourth-order valence-electron chi connectivity index (χ4n) is 3.19. The Morgan fingerprint density at radius 2 is 1.92 bits per heavy atom. The number of rotatable bonds is 4. The number of aromatic amines is 1. The molecule has 0 spiro atoms. The topological polar surface area (TPSA) is 76.6 Å². The number of ether oxygens (including phenoxy) is 3. The molecule has 0 amide bonds. The second-order valence-corrected chi connectivity index (χ2v) is 6.49. The van der Waals surface area contributed by atoms with Crippen molar-refractivity contribution >= 4 is 0 Å². The van der Waals surface area contributed by atoms with Crippen molar-refractivity contribution in [3.05, 3.63) is 42.1 Å². The van der Waals surface area contributed by atoms with E-state index in [0.29, 0.717) is 17.1 Å². The fourth-order valence-corrected chi connectivity index (χ4v) is 3.19. The van der Waals surface area contributed by atoms with Crippen LogP contribution >= 0.6 is 0 Å². The van der Waals surface area contributed by atoms with Gasteiger partial charge < -0.3 is 19.3 Å². The molecule has 0 aliphatic carbocycles. The molecule has 0 radical (unpaired) electrons. The van der Waals surface area contributed by atoms with Crippen molar-refractivity contribution in [2.75, 3.05) is 13.9 Å². The Kier molecular flexibility index (Phi) is 3.95. The van der Waals surface area contributed by atoms with Crippen LogP contribution in [0.15, 0.2) is 36.5 Å². The van der Waals surface area contributed by atoms with Gasteiger partial charge in [0.05, 0.1) is 19.0 Å². The molecule has 0 bridgehead atoms. The van der Waals surface area contributed by atoms with Gasteiger partial charge in [-0.15, -0.1) is 0 Å². The third-order valence-electron chi connectivity index (χ3n) is 4.56. The highest BCUT2D eigenvalue weighted by Gasteiger charge is 2.20. The Morgan fingerprint density at radius 3 is 2.69 bits per heavy atom. The third kappa shape index (κ3) is 2.63. The SMILES string of the molecule is COc1cc(O)c(-c2[nH]ncc2-c2ccc3c(c2)OCO3)cc1C(C)C. The number of aromatic nitrogens is 2. The Bertz CT molecular complexity index is 962. The Balaban J connectivity index is 1.84. The number of nitrogens with zero attached hydrogens (tertiary/aromatic N) is 1. The molecule has 0 unspecified atom stereocenters. The number of H-pyrrole nitrogens is 1. The standard InChI is InChI=1S/C20H20N2O4/c1-11(2)13-7-14(16(23)8-18(13)24-3)20-15(9-21-22-20)12-4-5-17-19(6-12)26-10-25-17/h4-9,11,23H,10H2,1-3H3,(H,21,22). The minimum atomic E-state index is 0.137. The zero-order valence-electron chi connectivity index (χ0n) is 14.9. The van der Waals surface area contributed by atoms with Gasteiger partial charge in [-0.25, -0.2) is 0 Å². The zero-order chi connectivity index (χ0) is 18.3. The van der Waals surface area contributed by atoms with E-state index < -0.39 is 0 Å². The average Bonchev–Trinajstić information content (AvgIpc) is 3.29. The van der Waals surface area contributed by atoms with Crippen molar-refractivity contribution in [1.82, 2.24) is 10.2 Å². The molecule has 0 saturated carbocycles. The lowest BCUT2D eigenvalue weighted by Crippen LogP contribution is -1.96. The summed E-state index contributed by atoms with van der Waals surface area (Å²) in [7, 11) is 1.61. The number of phenols is 1. The summed E-state index contributed by atoms with van der Waals surface area (Å²) in [6.45, 7) is 4.41. The van der Waals surface area contributed by atoms with E-state index >= 15 is 0 Å². The summed E-state index contributed by atoms with van der Waals surface area (Å²) in [6, 6.07) is 9.34. The van der Waals surface area contributed by atoms with E-state index in [1.807, 2.05) is 24.3 Å². The molecule has 0 atom stereocenters. The van der Waals surface area contributed by atoms with Crippen LogP contribution in [0.1, 0.15) is 25.3 Å². The van der Waals surface area contributed by atoms with Crippen LogP contribution in [0.4, 0.5) is 0 Å². The highest BCUT2D eigenvalue weighted by molar-refractivity contribution is 5.84. The lowest BCUT2D eigenvalue weighted by atomic mass is 9.95. The molecular formula is C20H20N2O4. The number of nitrogens with one attached hydrogen (secondary N) is 1. The van der Waals surface area contributed by atoms with Crippen molar-refractivity contribution < 1.29 is 19.3 Å². The second kappa shape index (κ2) is 6.29. The highest BCUT2D eigenvalue weighted by atomic mass is 16.7. The first-order chi connectivity index (χ1) is 12.6. The van der Waals surface area contributed by atoms with E-state index in [9.17, 15) is 5.11 Å². The van der Waals surface area contributed by atoms with Crippen LogP contribution in [0.5, 0.6) is 23.0 Å². The fraction of sp³-hybridized carbons (Fsp3) is 0.250. The molecule has 2 N–H and O–H groups in total. The van der Waals surface area contributed by atoms with Gasteiger partial charge in [-0.05, 0) is 35.2 Å². The van der Waals surface area contributed by atoms with Crippen LogP contribution in [-0.2, 0) is 0 Å². The maximum atomic E-state index is 10.6.